The predicted octanol–water partition coefficient (Wildman–Crippen LogP) is 3.53. The molecular formula is C18H21N3. The normalized spacial score (nSPS) is 12.8. The van der Waals surface area contributed by atoms with Gasteiger partial charge in [0.05, 0.1) is 16.7 Å². The zero-order chi connectivity index (χ0) is 15.0. The molecule has 3 rings (SSSR count). The Balaban J connectivity index is 2.19. The molecule has 0 saturated carbocycles. The molecule has 2 N–H and O–H groups in total. The van der Waals surface area contributed by atoms with Crippen molar-refractivity contribution in [3.8, 4) is 5.69 Å². The van der Waals surface area contributed by atoms with E-state index in [1.165, 1.54) is 22.4 Å². The minimum Gasteiger partial charge on any atom is -0.328 e. The van der Waals surface area contributed by atoms with Crippen LogP contribution in [0.4, 0.5) is 0 Å². The van der Waals surface area contributed by atoms with Crippen molar-refractivity contribution >= 4 is 11.0 Å². The van der Waals surface area contributed by atoms with E-state index in [-0.39, 0.29) is 6.04 Å². The van der Waals surface area contributed by atoms with E-state index < -0.39 is 0 Å². The molecule has 0 radical (unpaired) electrons. The molecule has 3 aromatic rings. The van der Waals surface area contributed by atoms with Gasteiger partial charge in [0.1, 0.15) is 6.33 Å². The second-order valence-corrected chi connectivity index (χ2v) is 5.85. The molecule has 1 unspecified atom stereocenters. The van der Waals surface area contributed by atoms with Crippen LogP contribution in [0.2, 0.25) is 0 Å². The van der Waals surface area contributed by atoms with E-state index in [4.69, 9.17) is 5.73 Å². The lowest BCUT2D eigenvalue weighted by molar-refractivity contribution is 0.734. The number of hydrogen-bond donors (Lipinski definition) is 1. The molecule has 0 aliphatic heterocycles. The first kappa shape index (κ1) is 13.8. The maximum Gasteiger partial charge on any atom is 0.100 e. The Morgan fingerprint density at radius 3 is 2.62 bits per heavy atom. The second-order valence-electron chi connectivity index (χ2n) is 5.85. The summed E-state index contributed by atoms with van der Waals surface area (Å²) in [7, 11) is 0. The van der Waals surface area contributed by atoms with Gasteiger partial charge in [-0.3, -0.25) is 4.57 Å². The number of imidazole rings is 1. The first-order chi connectivity index (χ1) is 10.1. The highest BCUT2D eigenvalue weighted by Crippen LogP contribution is 2.24. The molecule has 1 atom stereocenters. The molecule has 0 spiro atoms. The fourth-order valence-electron chi connectivity index (χ4n) is 2.72. The van der Waals surface area contributed by atoms with Crippen LogP contribution in [-0.2, 0) is 6.42 Å². The Morgan fingerprint density at radius 1 is 1.14 bits per heavy atom. The highest BCUT2D eigenvalue weighted by Gasteiger charge is 2.10. The zero-order valence-electron chi connectivity index (χ0n) is 12.8. The van der Waals surface area contributed by atoms with Crippen molar-refractivity contribution in [3.63, 3.8) is 0 Å². The standard InChI is InChI=1S/C18H21N3/c1-12-8-16-18(9-13(12)2)21(11-20-16)17-7-5-4-6-15(17)10-14(3)19/h4-9,11,14H,10,19H2,1-3H3. The first-order valence-corrected chi connectivity index (χ1v) is 7.34. The summed E-state index contributed by atoms with van der Waals surface area (Å²) < 4.78 is 2.17. The van der Waals surface area contributed by atoms with Crippen LogP contribution in [0.5, 0.6) is 0 Å². The van der Waals surface area contributed by atoms with Gasteiger partial charge in [0.25, 0.3) is 0 Å². The number of fused-ring (bicyclic) bond motifs is 1. The molecule has 0 aliphatic carbocycles. The largest absolute Gasteiger partial charge is 0.328 e. The molecule has 0 amide bonds. The SMILES string of the molecule is Cc1cc2ncn(-c3ccccc3CC(C)N)c2cc1C. The molecule has 1 aromatic heterocycles. The lowest BCUT2D eigenvalue weighted by Gasteiger charge is -2.13. The van der Waals surface area contributed by atoms with Gasteiger partial charge in [-0.15, -0.1) is 0 Å². The minimum absolute atomic E-state index is 0.143. The summed E-state index contributed by atoms with van der Waals surface area (Å²) in [6.45, 7) is 6.30. The number of nitrogens with two attached hydrogens (primary N) is 1. The van der Waals surface area contributed by atoms with E-state index in [2.05, 4.69) is 59.8 Å². The van der Waals surface area contributed by atoms with E-state index in [1.807, 2.05) is 13.3 Å². The predicted molar refractivity (Wildman–Crippen MR) is 87.9 cm³/mol. The smallest absolute Gasteiger partial charge is 0.100 e. The number of aromatic nitrogens is 2. The van der Waals surface area contributed by atoms with Gasteiger partial charge in [0, 0.05) is 6.04 Å². The Bertz CT molecular complexity index is 784. The fourth-order valence-corrected chi connectivity index (χ4v) is 2.72. The summed E-state index contributed by atoms with van der Waals surface area (Å²) in [5, 5.41) is 0. The van der Waals surface area contributed by atoms with Gasteiger partial charge in [0.2, 0.25) is 0 Å². The van der Waals surface area contributed by atoms with Crippen molar-refractivity contribution in [2.24, 2.45) is 5.73 Å². The molecule has 0 saturated heterocycles. The molecule has 2 aromatic carbocycles. The second kappa shape index (κ2) is 5.34. The molecule has 108 valence electrons. The zero-order valence-corrected chi connectivity index (χ0v) is 12.8. The van der Waals surface area contributed by atoms with Crippen LogP contribution in [0.3, 0.4) is 0 Å². The van der Waals surface area contributed by atoms with Crippen molar-refractivity contribution in [3.05, 3.63) is 59.4 Å². The number of hydrogen-bond acceptors (Lipinski definition) is 2. The number of aryl methyl sites for hydroxylation is 2. The number of para-hydroxylation sites is 1. The van der Waals surface area contributed by atoms with Crippen molar-refractivity contribution in [2.45, 2.75) is 33.2 Å². The van der Waals surface area contributed by atoms with Crippen molar-refractivity contribution in [2.75, 3.05) is 0 Å². The first-order valence-electron chi connectivity index (χ1n) is 7.34. The summed E-state index contributed by atoms with van der Waals surface area (Å²) >= 11 is 0. The molecule has 0 bridgehead atoms. The maximum atomic E-state index is 5.98. The van der Waals surface area contributed by atoms with Gasteiger partial charge in [-0.25, -0.2) is 4.98 Å². The lowest BCUT2D eigenvalue weighted by Crippen LogP contribution is -2.18. The summed E-state index contributed by atoms with van der Waals surface area (Å²) in [5.41, 5.74) is 13.1. The molecular weight excluding hydrogens is 258 g/mol. The topological polar surface area (TPSA) is 43.8 Å². The third-order valence-corrected chi connectivity index (χ3v) is 3.96. The molecule has 3 nitrogen and oxygen atoms in total. The maximum absolute atomic E-state index is 5.98. The molecule has 21 heavy (non-hydrogen) atoms. The summed E-state index contributed by atoms with van der Waals surface area (Å²) in [6, 6.07) is 12.9. The summed E-state index contributed by atoms with van der Waals surface area (Å²) in [4.78, 5) is 4.55. The Morgan fingerprint density at radius 2 is 1.86 bits per heavy atom. The van der Waals surface area contributed by atoms with E-state index >= 15 is 0 Å². The van der Waals surface area contributed by atoms with E-state index in [9.17, 15) is 0 Å². The monoisotopic (exact) mass is 279 g/mol. The number of nitrogens with zero attached hydrogens (tertiary/aromatic N) is 2. The molecule has 0 fully saturated rings. The Hall–Kier alpha value is -2.13. The molecule has 0 aliphatic rings. The molecule has 3 heteroatoms. The van der Waals surface area contributed by atoms with E-state index in [1.54, 1.807) is 0 Å². The summed E-state index contributed by atoms with van der Waals surface area (Å²) in [5.74, 6) is 0. The van der Waals surface area contributed by atoms with E-state index in [0.29, 0.717) is 0 Å². The highest BCUT2D eigenvalue weighted by molar-refractivity contribution is 5.79. The van der Waals surface area contributed by atoms with Crippen LogP contribution in [0.1, 0.15) is 23.6 Å². The fraction of sp³-hybridized carbons (Fsp3) is 0.278. The van der Waals surface area contributed by atoms with E-state index in [0.717, 1.165) is 17.5 Å². The van der Waals surface area contributed by atoms with Gasteiger partial charge in [-0.05, 0) is 62.1 Å². The van der Waals surface area contributed by atoms with Crippen LogP contribution in [0, 0.1) is 13.8 Å². The van der Waals surface area contributed by atoms with Crippen LogP contribution < -0.4 is 5.73 Å². The van der Waals surface area contributed by atoms with Gasteiger partial charge in [-0.2, -0.15) is 0 Å². The highest BCUT2D eigenvalue weighted by atomic mass is 15.0. The number of rotatable bonds is 3. The average Bonchev–Trinajstić information content (AvgIpc) is 2.82. The quantitative estimate of drug-likeness (QED) is 0.797. The third-order valence-electron chi connectivity index (χ3n) is 3.96. The van der Waals surface area contributed by atoms with Crippen LogP contribution >= 0.6 is 0 Å². The minimum atomic E-state index is 0.143. The number of benzene rings is 2. The van der Waals surface area contributed by atoms with Gasteiger partial charge in [0.15, 0.2) is 0 Å². The van der Waals surface area contributed by atoms with Crippen molar-refractivity contribution < 1.29 is 0 Å². The van der Waals surface area contributed by atoms with Crippen LogP contribution in [0.25, 0.3) is 16.7 Å². The van der Waals surface area contributed by atoms with Gasteiger partial charge in [-0.1, -0.05) is 18.2 Å². The Kier molecular flexibility index (Phi) is 3.52. The van der Waals surface area contributed by atoms with Crippen LogP contribution in [-0.4, -0.2) is 15.6 Å². The van der Waals surface area contributed by atoms with Crippen molar-refractivity contribution in [1.82, 2.24) is 9.55 Å². The van der Waals surface area contributed by atoms with Gasteiger partial charge >= 0.3 is 0 Å². The third kappa shape index (κ3) is 2.57. The van der Waals surface area contributed by atoms with Crippen LogP contribution in [0.15, 0.2) is 42.7 Å². The molecule has 1 heterocycles. The lowest BCUT2D eigenvalue weighted by atomic mass is 10.0. The van der Waals surface area contributed by atoms with Gasteiger partial charge < -0.3 is 5.73 Å². The summed E-state index contributed by atoms with van der Waals surface area (Å²) in [6.07, 6.45) is 2.77. The Labute approximate surface area is 125 Å². The van der Waals surface area contributed by atoms with Crippen molar-refractivity contribution in [1.29, 1.82) is 0 Å². The average molecular weight is 279 g/mol.